The molecular formula is C20H21N3O2S2. The first-order valence-electron chi connectivity index (χ1n) is 8.45. The molecule has 0 bridgehead atoms. The lowest BCUT2D eigenvalue weighted by Gasteiger charge is -2.10. The monoisotopic (exact) mass is 399 g/mol. The van der Waals surface area contributed by atoms with Crippen LogP contribution in [0.5, 0.6) is 5.75 Å². The topological polar surface area (TPSA) is 57.0 Å². The minimum atomic E-state index is 0.105. The van der Waals surface area contributed by atoms with E-state index in [2.05, 4.69) is 16.8 Å². The van der Waals surface area contributed by atoms with Gasteiger partial charge in [0.15, 0.2) is 16.8 Å². The molecule has 0 spiro atoms. The maximum Gasteiger partial charge on any atom is 0.192 e. The van der Waals surface area contributed by atoms with Crippen molar-refractivity contribution in [1.29, 1.82) is 0 Å². The summed E-state index contributed by atoms with van der Waals surface area (Å²) in [4.78, 5) is 14.8. The maximum atomic E-state index is 12.6. The largest absolute Gasteiger partial charge is 0.496 e. The van der Waals surface area contributed by atoms with Gasteiger partial charge in [-0.2, -0.15) is 0 Å². The first kappa shape index (κ1) is 19.4. The van der Waals surface area contributed by atoms with Crippen molar-refractivity contribution in [2.24, 2.45) is 0 Å². The summed E-state index contributed by atoms with van der Waals surface area (Å²) in [6.45, 7) is 8.38. The second-order valence-corrected chi connectivity index (χ2v) is 8.35. The summed E-state index contributed by atoms with van der Waals surface area (Å²) in [7, 11) is 1.63. The zero-order valence-electron chi connectivity index (χ0n) is 15.6. The van der Waals surface area contributed by atoms with Crippen molar-refractivity contribution >= 4 is 28.9 Å². The van der Waals surface area contributed by atoms with Crippen molar-refractivity contribution in [1.82, 2.24) is 14.8 Å². The number of carbonyl (C=O) groups excluding carboxylic acids is 1. The Hall–Kier alpha value is -2.38. The number of aryl methyl sites for hydroxylation is 2. The van der Waals surface area contributed by atoms with Gasteiger partial charge in [-0.3, -0.25) is 9.36 Å². The predicted octanol–water partition coefficient (Wildman–Crippen LogP) is 4.79. The normalized spacial score (nSPS) is 10.8. The van der Waals surface area contributed by atoms with Crippen LogP contribution in [-0.4, -0.2) is 33.4 Å². The molecule has 0 amide bonds. The smallest absolute Gasteiger partial charge is 0.192 e. The Bertz CT molecular complexity index is 976. The summed E-state index contributed by atoms with van der Waals surface area (Å²) >= 11 is 3.04. The number of rotatable bonds is 8. The number of carbonyl (C=O) groups is 1. The number of Topliss-reactive ketones (excluding diaryl/α,β-unsaturated/α-hetero) is 1. The van der Waals surface area contributed by atoms with E-state index in [4.69, 9.17) is 4.74 Å². The fourth-order valence-electron chi connectivity index (χ4n) is 2.83. The third kappa shape index (κ3) is 4.14. The molecule has 0 N–H and O–H groups in total. The molecule has 5 nitrogen and oxygen atoms in total. The summed E-state index contributed by atoms with van der Waals surface area (Å²) in [5, 5.41) is 9.33. The Morgan fingerprint density at radius 2 is 2.11 bits per heavy atom. The molecule has 27 heavy (non-hydrogen) atoms. The molecule has 0 fully saturated rings. The van der Waals surface area contributed by atoms with E-state index in [1.807, 2.05) is 48.7 Å². The SMILES string of the molecule is C=CCn1c(SCC(=O)c2cc(C)sc2C)nnc1-c1ccccc1OC. The van der Waals surface area contributed by atoms with Gasteiger partial charge in [0.1, 0.15) is 5.75 Å². The summed E-state index contributed by atoms with van der Waals surface area (Å²) in [6, 6.07) is 9.64. The van der Waals surface area contributed by atoms with Gasteiger partial charge < -0.3 is 4.74 Å². The van der Waals surface area contributed by atoms with Gasteiger partial charge in [0.25, 0.3) is 0 Å². The summed E-state index contributed by atoms with van der Waals surface area (Å²) in [5.74, 6) is 1.85. The third-order valence-electron chi connectivity index (χ3n) is 4.05. The molecule has 0 saturated carbocycles. The van der Waals surface area contributed by atoms with Crippen molar-refractivity contribution in [3.05, 3.63) is 58.3 Å². The number of thiophene rings is 1. The molecule has 0 atom stereocenters. The highest BCUT2D eigenvalue weighted by Crippen LogP contribution is 2.31. The minimum Gasteiger partial charge on any atom is -0.496 e. The van der Waals surface area contributed by atoms with Crippen molar-refractivity contribution < 1.29 is 9.53 Å². The lowest BCUT2D eigenvalue weighted by Crippen LogP contribution is -2.06. The number of benzene rings is 1. The van der Waals surface area contributed by atoms with E-state index in [1.54, 1.807) is 24.5 Å². The second-order valence-electron chi connectivity index (χ2n) is 5.94. The van der Waals surface area contributed by atoms with Crippen molar-refractivity contribution in [2.75, 3.05) is 12.9 Å². The Labute approximate surface area is 167 Å². The van der Waals surface area contributed by atoms with Gasteiger partial charge in [0.2, 0.25) is 0 Å². The van der Waals surface area contributed by atoms with Gasteiger partial charge >= 0.3 is 0 Å². The molecule has 7 heteroatoms. The van der Waals surface area contributed by atoms with Crippen molar-refractivity contribution in [2.45, 2.75) is 25.5 Å². The van der Waals surface area contributed by atoms with Gasteiger partial charge in [-0.05, 0) is 32.0 Å². The average Bonchev–Trinajstić information content (AvgIpc) is 3.22. The maximum absolute atomic E-state index is 12.6. The van der Waals surface area contributed by atoms with Gasteiger partial charge in [-0.25, -0.2) is 0 Å². The number of ether oxygens (including phenoxy) is 1. The number of allylic oxidation sites excluding steroid dienone is 1. The standard InChI is InChI=1S/C20H21N3O2S2/c1-5-10-23-19(15-8-6-7-9-18(15)25-4)21-22-20(23)26-12-17(24)16-11-13(2)27-14(16)3/h5-9,11H,1,10,12H2,2-4H3. The van der Waals surface area contributed by atoms with E-state index in [0.29, 0.717) is 23.3 Å². The Balaban J connectivity index is 1.86. The number of aromatic nitrogens is 3. The number of para-hydroxylation sites is 1. The molecule has 2 aromatic heterocycles. The summed E-state index contributed by atoms with van der Waals surface area (Å²) < 4.78 is 7.40. The second kappa shape index (κ2) is 8.54. The number of hydrogen-bond acceptors (Lipinski definition) is 6. The Kier molecular flexibility index (Phi) is 6.13. The fourth-order valence-corrected chi connectivity index (χ4v) is 4.61. The van der Waals surface area contributed by atoms with Crippen molar-refractivity contribution in [3.8, 4) is 17.1 Å². The van der Waals surface area contributed by atoms with Gasteiger partial charge in [-0.1, -0.05) is 30.0 Å². The van der Waals surface area contributed by atoms with Crippen molar-refractivity contribution in [3.63, 3.8) is 0 Å². The molecule has 0 aliphatic heterocycles. The van der Waals surface area contributed by atoms with Crippen LogP contribution in [0.2, 0.25) is 0 Å². The molecule has 1 aromatic carbocycles. The Morgan fingerprint density at radius 3 is 2.78 bits per heavy atom. The van der Waals surface area contributed by atoms with E-state index in [1.165, 1.54) is 11.8 Å². The van der Waals surface area contributed by atoms with Gasteiger partial charge in [0.05, 0.1) is 18.4 Å². The zero-order valence-corrected chi connectivity index (χ0v) is 17.2. The number of methoxy groups -OCH3 is 1. The lowest BCUT2D eigenvalue weighted by atomic mass is 10.2. The number of hydrogen-bond donors (Lipinski definition) is 0. The van der Waals surface area contributed by atoms with Crippen LogP contribution in [0.3, 0.4) is 0 Å². The van der Waals surface area contributed by atoms with Crippen LogP contribution >= 0.6 is 23.1 Å². The molecule has 3 rings (SSSR count). The van der Waals surface area contributed by atoms with Crippen LogP contribution in [0.15, 0.2) is 48.1 Å². The van der Waals surface area contributed by atoms with E-state index >= 15 is 0 Å². The van der Waals surface area contributed by atoms with Crippen LogP contribution in [0, 0.1) is 13.8 Å². The number of nitrogens with zero attached hydrogens (tertiary/aromatic N) is 3. The predicted molar refractivity (Wildman–Crippen MR) is 111 cm³/mol. The minimum absolute atomic E-state index is 0.105. The molecule has 2 heterocycles. The van der Waals surface area contributed by atoms with E-state index in [9.17, 15) is 4.79 Å². The first-order valence-corrected chi connectivity index (χ1v) is 10.3. The van der Waals surface area contributed by atoms with Crippen LogP contribution in [0.4, 0.5) is 0 Å². The van der Waals surface area contributed by atoms with E-state index < -0.39 is 0 Å². The van der Waals surface area contributed by atoms with Crippen LogP contribution in [-0.2, 0) is 6.54 Å². The molecule has 0 unspecified atom stereocenters. The molecule has 140 valence electrons. The molecular weight excluding hydrogens is 378 g/mol. The first-order chi connectivity index (χ1) is 13.0. The number of thioether (sulfide) groups is 1. The number of ketones is 1. The van der Waals surface area contributed by atoms with Gasteiger partial charge in [0, 0.05) is 21.9 Å². The molecule has 0 radical (unpaired) electrons. The third-order valence-corrected chi connectivity index (χ3v) is 5.98. The molecule has 0 aliphatic carbocycles. The quantitative estimate of drug-likeness (QED) is 0.310. The summed E-state index contributed by atoms with van der Waals surface area (Å²) in [5.41, 5.74) is 1.65. The highest BCUT2D eigenvalue weighted by Gasteiger charge is 2.19. The highest BCUT2D eigenvalue weighted by molar-refractivity contribution is 7.99. The van der Waals surface area contributed by atoms with Gasteiger partial charge in [-0.15, -0.1) is 28.1 Å². The van der Waals surface area contributed by atoms with Crippen LogP contribution < -0.4 is 4.74 Å². The van der Waals surface area contributed by atoms with E-state index in [-0.39, 0.29) is 5.78 Å². The summed E-state index contributed by atoms with van der Waals surface area (Å²) in [6.07, 6.45) is 1.79. The fraction of sp³-hybridized carbons (Fsp3) is 0.250. The average molecular weight is 400 g/mol. The zero-order chi connectivity index (χ0) is 19.4. The molecule has 0 aliphatic rings. The van der Waals surface area contributed by atoms with Crippen LogP contribution in [0.1, 0.15) is 20.1 Å². The Morgan fingerprint density at radius 1 is 1.33 bits per heavy atom. The molecule has 0 saturated heterocycles. The highest BCUT2D eigenvalue weighted by atomic mass is 32.2. The van der Waals surface area contributed by atoms with Crippen LogP contribution in [0.25, 0.3) is 11.4 Å². The van der Waals surface area contributed by atoms with E-state index in [0.717, 1.165) is 26.6 Å². The molecule has 3 aromatic rings. The lowest BCUT2D eigenvalue weighted by molar-refractivity contribution is 0.102.